The lowest BCUT2D eigenvalue weighted by molar-refractivity contribution is -0.344. The molecule has 2 N–H and O–H groups in total. The molecule has 3 fully saturated rings. The van der Waals surface area contributed by atoms with Gasteiger partial charge in [-0.3, -0.25) is 14.4 Å². The van der Waals surface area contributed by atoms with E-state index in [1.807, 2.05) is 39.9 Å². The fourth-order valence-electron chi connectivity index (χ4n) is 12.6. The summed E-state index contributed by atoms with van der Waals surface area (Å²) in [6.07, 6.45) is -5.93. The van der Waals surface area contributed by atoms with Crippen LogP contribution in [0.5, 0.6) is 0 Å². The van der Waals surface area contributed by atoms with E-state index in [4.69, 9.17) is 32.5 Å². The van der Waals surface area contributed by atoms with Crippen LogP contribution >= 0.6 is 0 Å². The van der Waals surface area contributed by atoms with Crippen molar-refractivity contribution >= 4 is 52.3 Å². The summed E-state index contributed by atoms with van der Waals surface area (Å²) in [5.74, 6) is -5.13. The number of aliphatic hydroxyl groups is 1. The number of nitrogens with zero attached hydrogens (tertiary/aromatic N) is 2. The molecule has 2 saturated carbocycles. The van der Waals surface area contributed by atoms with E-state index < -0.39 is 134 Å². The van der Waals surface area contributed by atoms with Gasteiger partial charge in [0, 0.05) is 43.1 Å². The van der Waals surface area contributed by atoms with Gasteiger partial charge in [0.15, 0.2) is 40.2 Å². The van der Waals surface area contributed by atoms with Crippen LogP contribution in [0.25, 0.3) is 0 Å². The Morgan fingerprint density at radius 1 is 0.863 bits per heavy atom. The van der Waals surface area contributed by atoms with Gasteiger partial charge in [0.25, 0.3) is 5.91 Å². The van der Waals surface area contributed by atoms with Crippen molar-refractivity contribution in [2.45, 2.75) is 179 Å². The first-order valence-electron chi connectivity index (χ1n) is 27.9. The van der Waals surface area contributed by atoms with E-state index in [2.05, 4.69) is 31.1 Å². The van der Waals surface area contributed by atoms with Gasteiger partial charge in [0.2, 0.25) is 0 Å². The lowest BCUT2D eigenvalue weighted by atomic mass is 9.44. The van der Waals surface area contributed by atoms with Crippen molar-refractivity contribution in [2.24, 2.45) is 16.7 Å². The number of ether oxygens (including phenoxy) is 5. The van der Waals surface area contributed by atoms with Crippen molar-refractivity contribution in [3.8, 4) is 0 Å². The number of aromatic nitrogens is 2. The zero-order valence-electron chi connectivity index (χ0n) is 48.4. The Hall–Kier alpha value is -6.10. The van der Waals surface area contributed by atoms with Crippen molar-refractivity contribution in [3.05, 3.63) is 138 Å². The minimum atomic E-state index is -2.97. The molecule has 0 spiro atoms. The van der Waals surface area contributed by atoms with Crippen molar-refractivity contribution < 1.29 is 66.4 Å². The maximum Gasteiger partial charge on any atom is 0.420 e. The number of imidazole rings is 1. The summed E-state index contributed by atoms with van der Waals surface area (Å²) in [5.41, 5.74) is -6.37. The molecule has 8 rings (SSSR count). The van der Waals surface area contributed by atoms with Crippen LogP contribution < -0.4 is 5.32 Å². The molecule has 2 bridgehead atoms. The molecule has 3 aliphatic carbocycles. The highest BCUT2D eigenvalue weighted by atomic mass is 28.4. The maximum absolute atomic E-state index is 17.0. The van der Waals surface area contributed by atoms with Crippen molar-refractivity contribution in [3.63, 3.8) is 0 Å². The van der Waals surface area contributed by atoms with Gasteiger partial charge in [-0.15, -0.1) is 0 Å². The number of hydrogen-bond acceptors (Lipinski definition) is 15. The van der Waals surface area contributed by atoms with Crippen LogP contribution in [0.15, 0.2) is 121 Å². The number of nitrogens with one attached hydrogen (secondary N) is 1. The monoisotopic (exact) mass is 1130 g/mol. The fourth-order valence-corrected chi connectivity index (χ4v) is 16.8. The van der Waals surface area contributed by atoms with Gasteiger partial charge in [-0.1, -0.05) is 122 Å². The van der Waals surface area contributed by atoms with Crippen LogP contribution in [0.1, 0.15) is 121 Å². The molecule has 17 nitrogen and oxygen atoms in total. The van der Waals surface area contributed by atoms with E-state index in [1.54, 1.807) is 113 Å². The van der Waals surface area contributed by atoms with Crippen LogP contribution in [0.2, 0.25) is 36.3 Å². The Morgan fingerprint density at radius 2 is 1.45 bits per heavy atom. The first-order chi connectivity index (χ1) is 37.6. The fraction of sp³-hybridized carbons (Fsp3) is 0.525. The van der Waals surface area contributed by atoms with Gasteiger partial charge in [0.05, 0.1) is 35.6 Å². The summed E-state index contributed by atoms with van der Waals surface area (Å²) in [6.45, 7) is 23.8. The number of esters is 3. The molecule has 1 aromatic heterocycles. The highest BCUT2D eigenvalue weighted by Crippen LogP contribution is 2.65. The Kier molecular flexibility index (Phi) is 17.0. The molecular formula is C61H79N3O14Si2. The molecule has 1 saturated heterocycles. The van der Waals surface area contributed by atoms with E-state index in [0.717, 1.165) is 4.57 Å². The van der Waals surface area contributed by atoms with Crippen molar-refractivity contribution in [2.75, 3.05) is 6.61 Å². The second kappa shape index (κ2) is 22.7. The summed E-state index contributed by atoms with van der Waals surface area (Å²) in [7, 11) is -5.68. The molecule has 3 aromatic carbocycles. The van der Waals surface area contributed by atoms with E-state index >= 15 is 14.4 Å². The number of ketones is 1. The SMILES string of the molecule is CC[Si](CC)(CC)OC1CC2OCC2(OC(C)=O)C2C(OC(=O)c3ccccc3)C3(O)CC(OC(=O)C(O[Si](C)(C)C(C)(C)C)C(NC(=O)c4ccccc4)c4ccccc4)C(C)=C(C(OC(=O)n4ccnc4)C(=O)C12C)C3(C)C. The average molecular weight is 1130 g/mol. The number of Topliss-reactive ketones (excluding diaryl/α,β-unsaturated/α-hetero) is 1. The number of fused-ring (bicyclic) bond motifs is 5. The lowest BCUT2D eigenvalue weighted by Gasteiger charge is -2.68. The normalized spacial score (nSPS) is 28.1. The van der Waals surface area contributed by atoms with E-state index in [9.17, 15) is 19.5 Å². The molecule has 1 aliphatic heterocycles. The zero-order chi connectivity index (χ0) is 58.4. The molecule has 80 heavy (non-hydrogen) atoms. The molecule has 430 valence electrons. The summed E-state index contributed by atoms with van der Waals surface area (Å²) in [6, 6.07) is 26.6. The molecule has 4 aromatic rings. The van der Waals surface area contributed by atoms with Crippen LogP contribution in [-0.4, -0.2) is 121 Å². The molecule has 11 unspecified atom stereocenters. The molecule has 0 radical (unpaired) electrons. The molecule has 2 heterocycles. The van der Waals surface area contributed by atoms with Crippen LogP contribution in [-0.2, 0) is 46.9 Å². The Balaban J connectivity index is 1.39. The smallest absolute Gasteiger partial charge is 0.420 e. The number of benzene rings is 3. The van der Waals surface area contributed by atoms with Crippen LogP contribution in [0.4, 0.5) is 4.79 Å². The Labute approximate surface area is 471 Å². The van der Waals surface area contributed by atoms with Gasteiger partial charge < -0.3 is 43.0 Å². The highest BCUT2D eigenvalue weighted by molar-refractivity contribution is 6.74. The zero-order valence-corrected chi connectivity index (χ0v) is 50.4. The first-order valence-corrected chi connectivity index (χ1v) is 33.3. The minimum Gasteiger partial charge on any atom is -0.456 e. The Bertz CT molecular complexity index is 2950. The third kappa shape index (κ3) is 10.7. The predicted molar refractivity (Wildman–Crippen MR) is 302 cm³/mol. The van der Waals surface area contributed by atoms with Gasteiger partial charge in [0.1, 0.15) is 30.2 Å². The van der Waals surface area contributed by atoms with E-state index in [0.29, 0.717) is 29.3 Å². The summed E-state index contributed by atoms with van der Waals surface area (Å²) >= 11 is 0. The standard InChI is InChI=1S/C61H79N3O14Si2/c1-14-80(15-2,16-3)77-44-34-45-60(36-72-45,76-39(5)65)50-52(75-54(68)42-30-24-19-25-31-42)61(71)35-43(38(4)46(58(61,9)10)48(51(66)59(44,50)11)74-56(70)64-33-32-62-37-64)73-55(69)49(78-79(12,13)57(6,7)8)47(40-26-20-17-21-27-40)63-53(67)41-28-22-18-23-29-41/h17-33,37,43-45,47-50,52,71H,14-16,34-36H2,1-13H3,(H,63,67). The maximum atomic E-state index is 17.0. The first kappa shape index (κ1) is 60.0. The molecule has 19 heteroatoms. The molecule has 11 atom stereocenters. The van der Waals surface area contributed by atoms with E-state index in [1.165, 1.54) is 25.6 Å². The highest BCUT2D eigenvalue weighted by Gasteiger charge is 2.79. The van der Waals surface area contributed by atoms with Crippen molar-refractivity contribution in [1.82, 2.24) is 14.9 Å². The summed E-state index contributed by atoms with van der Waals surface area (Å²) in [5, 5.41) is 17.2. The predicted octanol–water partition coefficient (Wildman–Crippen LogP) is 10.1. The second-order valence-corrected chi connectivity index (χ2v) is 33.8. The third-order valence-corrected chi connectivity index (χ3v) is 27.7. The van der Waals surface area contributed by atoms with Gasteiger partial charge in [-0.05, 0) is 91.1 Å². The molecule has 1 amide bonds. The number of amides is 1. The average Bonchev–Trinajstić information content (AvgIpc) is 2.22. The minimum absolute atomic E-state index is 0.0569. The van der Waals surface area contributed by atoms with Crippen molar-refractivity contribution in [1.29, 1.82) is 0 Å². The quantitative estimate of drug-likeness (QED) is 0.0435. The van der Waals surface area contributed by atoms with E-state index in [-0.39, 0.29) is 29.7 Å². The number of carbonyl (C=O) groups is 6. The topological polar surface area (TPSA) is 217 Å². The summed E-state index contributed by atoms with van der Waals surface area (Å²) in [4.78, 5) is 94.5. The number of hydrogen-bond donors (Lipinski definition) is 2. The Morgan fingerprint density at radius 3 is 1.98 bits per heavy atom. The van der Waals surface area contributed by atoms with Crippen LogP contribution in [0.3, 0.4) is 0 Å². The number of carbonyl (C=O) groups excluding carboxylic acids is 6. The van der Waals surface area contributed by atoms with Gasteiger partial charge in [-0.25, -0.2) is 23.9 Å². The van der Waals surface area contributed by atoms with Gasteiger partial charge >= 0.3 is 24.0 Å². The van der Waals surface area contributed by atoms with Crippen LogP contribution in [0, 0.1) is 16.7 Å². The summed E-state index contributed by atoms with van der Waals surface area (Å²) < 4.78 is 48.6. The number of rotatable bonds is 17. The van der Waals surface area contributed by atoms with Gasteiger partial charge in [-0.2, -0.15) is 0 Å². The molecule has 4 aliphatic rings. The third-order valence-electron chi connectivity index (χ3n) is 18.6. The molecular weight excluding hydrogens is 1050 g/mol. The second-order valence-electron chi connectivity index (χ2n) is 24.3. The largest absolute Gasteiger partial charge is 0.456 e. The lowest BCUT2D eigenvalue weighted by Crippen LogP contribution is -2.82.